The molecule has 0 radical (unpaired) electrons. The van der Waals surface area contributed by atoms with Crippen LogP contribution in [0.25, 0.3) is 0 Å². The molecule has 2 nitrogen and oxygen atoms in total. The van der Waals surface area contributed by atoms with Crippen molar-refractivity contribution in [1.29, 1.82) is 0 Å². The monoisotopic (exact) mass is 325 g/mol. The lowest BCUT2D eigenvalue weighted by Gasteiger charge is -2.45. The number of quaternary nitrogens is 1. The molecular formula is C20H23NOS. The van der Waals surface area contributed by atoms with Crippen LogP contribution >= 0.6 is 11.8 Å². The largest absolute Gasteiger partial charge is 0.633 e. The molecule has 2 unspecified atom stereocenters. The fraction of sp³-hybridized carbons (Fsp3) is 0.400. The van der Waals surface area contributed by atoms with E-state index in [0.29, 0.717) is 11.8 Å². The standard InChI is InChI=1S/C20H23NOS/c1-21(22)12-6-7-15(14-21)13-18-16-8-2-4-10-19(16)23-20-11-5-3-9-17(18)20/h2-5,8-11,15,18H,6-7,12-14H2,1H3. The number of fused-ring (bicyclic) bond motifs is 2. The topological polar surface area (TPSA) is 23.1 Å². The quantitative estimate of drug-likeness (QED) is 0.571. The average Bonchev–Trinajstić information content (AvgIpc) is 2.54. The summed E-state index contributed by atoms with van der Waals surface area (Å²) >= 11 is 1.88. The first-order valence-electron chi connectivity index (χ1n) is 8.54. The summed E-state index contributed by atoms with van der Waals surface area (Å²) in [6.45, 7) is 1.55. The van der Waals surface area contributed by atoms with Crippen molar-refractivity contribution in [2.24, 2.45) is 5.92 Å². The zero-order chi connectivity index (χ0) is 15.9. The Labute approximate surface area is 142 Å². The normalized spacial score (nSPS) is 27.3. The molecular weight excluding hydrogens is 302 g/mol. The Balaban J connectivity index is 1.67. The van der Waals surface area contributed by atoms with Crippen LogP contribution in [0.2, 0.25) is 0 Å². The van der Waals surface area contributed by atoms with Gasteiger partial charge in [-0.3, -0.25) is 0 Å². The van der Waals surface area contributed by atoms with Gasteiger partial charge >= 0.3 is 0 Å². The van der Waals surface area contributed by atoms with Gasteiger partial charge in [0.05, 0.1) is 20.1 Å². The maximum Gasteiger partial charge on any atom is 0.0810 e. The Morgan fingerprint density at radius 1 is 1.04 bits per heavy atom. The molecule has 2 aliphatic rings. The molecule has 0 amide bonds. The van der Waals surface area contributed by atoms with Gasteiger partial charge in [-0.15, -0.1) is 0 Å². The molecule has 0 bridgehead atoms. The maximum atomic E-state index is 12.4. The molecule has 0 aliphatic carbocycles. The van der Waals surface area contributed by atoms with Gasteiger partial charge in [-0.25, -0.2) is 0 Å². The highest BCUT2D eigenvalue weighted by Gasteiger charge is 2.32. The van der Waals surface area contributed by atoms with Crippen molar-refractivity contribution in [1.82, 2.24) is 0 Å². The predicted octanol–water partition coefficient (Wildman–Crippen LogP) is 5.03. The number of hydroxylamine groups is 3. The van der Waals surface area contributed by atoms with Gasteiger partial charge in [0.1, 0.15) is 0 Å². The van der Waals surface area contributed by atoms with Crippen molar-refractivity contribution in [3.8, 4) is 0 Å². The van der Waals surface area contributed by atoms with Gasteiger partial charge in [0.15, 0.2) is 0 Å². The lowest BCUT2D eigenvalue weighted by molar-refractivity contribution is -0.869. The minimum atomic E-state index is -0.0601. The first-order chi connectivity index (χ1) is 11.1. The predicted molar refractivity (Wildman–Crippen MR) is 95.5 cm³/mol. The number of hydrogen-bond acceptors (Lipinski definition) is 2. The Morgan fingerprint density at radius 2 is 1.65 bits per heavy atom. The Bertz CT molecular complexity index is 667. The lowest BCUT2D eigenvalue weighted by Crippen LogP contribution is -2.46. The van der Waals surface area contributed by atoms with E-state index in [1.165, 1.54) is 27.3 Å². The number of likely N-dealkylation sites (tertiary alicyclic amines) is 1. The SMILES string of the molecule is C[N+]1([O-])CCCC(CC2c3ccccc3Sc3ccccc32)C1. The Hall–Kier alpha value is -1.29. The third-order valence-electron chi connectivity index (χ3n) is 5.27. The highest BCUT2D eigenvalue weighted by Crippen LogP contribution is 2.48. The molecule has 2 heterocycles. The molecule has 0 N–H and O–H groups in total. The number of nitrogens with zero attached hydrogens (tertiary/aromatic N) is 1. The summed E-state index contributed by atoms with van der Waals surface area (Å²) < 4.78 is -0.0601. The van der Waals surface area contributed by atoms with Crippen LogP contribution in [0.5, 0.6) is 0 Å². The van der Waals surface area contributed by atoms with E-state index in [1.54, 1.807) is 0 Å². The molecule has 2 aromatic carbocycles. The molecule has 23 heavy (non-hydrogen) atoms. The average molecular weight is 325 g/mol. The first kappa shape index (κ1) is 15.3. The maximum absolute atomic E-state index is 12.4. The molecule has 2 atom stereocenters. The van der Waals surface area contributed by atoms with Crippen molar-refractivity contribution in [2.45, 2.75) is 35.0 Å². The number of benzene rings is 2. The molecule has 120 valence electrons. The van der Waals surface area contributed by atoms with E-state index < -0.39 is 0 Å². The second kappa shape index (κ2) is 5.97. The van der Waals surface area contributed by atoms with Crippen LogP contribution in [0.1, 0.15) is 36.3 Å². The zero-order valence-corrected chi connectivity index (χ0v) is 14.4. The minimum Gasteiger partial charge on any atom is -0.633 e. The second-order valence-electron chi connectivity index (χ2n) is 7.18. The highest BCUT2D eigenvalue weighted by atomic mass is 32.2. The van der Waals surface area contributed by atoms with E-state index in [4.69, 9.17) is 0 Å². The summed E-state index contributed by atoms with van der Waals surface area (Å²) in [6, 6.07) is 17.6. The zero-order valence-electron chi connectivity index (χ0n) is 13.6. The molecule has 1 saturated heterocycles. The van der Waals surface area contributed by atoms with Gasteiger partial charge in [-0.05, 0) is 42.5 Å². The van der Waals surface area contributed by atoms with Gasteiger partial charge in [0.25, 0.3) is 0 Å². The summed E-state index contributed by atoms with van der Waals surface area (Å²) in [7, 11) is 1.84. The number of piperidine rings is 1. The van der Waals surface area contributed by atoms with Crippen LogP contribution in [-0.4, -0.2) is 24.8 Å². The van der Waals surface area contributed by atoms with E-state index in [0.717, 1.165) is 25.9 Å². The third-order valence-corrected chi connectivity index (χ3v) is 6.45. The molecule has 2 aromatic rings. The van der Waals surface area contributed by atoms with Gasteiger partial charge in [0, 0.05) is 21.6 Å². The lowest BCUT2D eigenvalue weighted by atomic mass is 9.80. The summed E-state index contributed by atoms with van der Waals surface area (Å²) in [5.74, 6) is 0.965. The summed E-state index contributed by atoms with van der Waals surface area (Å²) in [6.07, 6.45) is 3.37. The van der Waals surface area contributed by atoms with Crippen molar-refractivity contribution in [3.05, 3.63) is 64.9 Å². The Kier molecular flexibility index (Phi) is 3.96. The number of rotatable bonds is 2. The van der Waals surface area contributed by atoms with Crippen LogP contribution in [0, 0.1) is 11.1 Å². The molecule has 1 fully saturated rings. The van der Waals surface area contributed by atoms with Gasteiger partial charge in [-0.2, -0.15) is 0 Å². The van der Waals surface area contributed by atoms with Gasteiger partial charge in [0.2, 0.25) is 0 Å². The molecule has 0 spiro atoms. The molecule has 2 aliphatic heterocycles. The van der Waals surface area contributed by atoms with Gasteiger partial charge in [-0.1, -0.05) is 48.2 Å². The van der Waals surface area contributed by atoms with Crippen LogP contribution in [0.4, 0.5) is 0 Å². The van der Waals surface area contributed by atoms with Crippen molar-refractivity contribution < 1.29 is 4.65 Å². The summed E-state index contributed by atoms with van der Waals surface area (Å²) in [5, 5.41) is 12.4. The first-order valence-corrected chi connectivity index (χ1v) is 9.35. The van der Waals surface area contributed by atoms with Crippen LogP contribution in [0.15, 0.2) is 58.3 Å². The minimum absolute atomic E-state index is 0.0601. The fourth-order valence-corrected chi connectivity index (χ4v) is 5.42. The van der Waals surface area contributed by atoms with Crippen molar-refractivity contribution in [3.63, 3.8) is 0 Å². The Morgan fingerprint density at radius 3 is 2.26 bits per heavy atom. The smallest absolute Gasteiger partial charge is 0.0810 e. The molecule has 0 saturated carbocycles. The van der Waals surface area contributed by atoms with Gasteiger partial charge < -0.3 is 9.85 Å². The highest BCUT2D eigenvalue weighted by molar-refractivity contribution is 7.99. The van der Waals surface area contributed by atoms with Crippen LogP contribution in [0.3, 0.4) is 0 Å². The summed E-state index contributed by atoms with van der Waals surface area (Å²) in [5.41, 5.74) is 2.89. The van der Waals surface area contributed by atoms with Crippen LogP contribution < -0.4 is 0 Å². The van der Waals surface area contributed by atoms with Crippen molar-refractivity contribution >= 4 is 11.8 Å². The van der Waals surface area contributed by atoms with E-state index >= 15 is 0 Å². The van der Waals surface area contributed by atoms with Crippen molar-refractivity contribution in [2.75, 3.05) is 20.1 Å². The van der Waals surface area contributed by atoms with Crippen LogP contribution in [-0.2, 0) is 0 Å². The van der Waals surface area contributed by atoms with E-state index in [2.05, 4.69) is 48.5 Å². The van der Waals surface area contributed by atoms with E-state index in [-0.39, 0.29) is 4.65 Å². The second-order valence-corrected chi connectivity index (χ2v) is 8.26. The fourth-order valence-electron chi connectivity index (χ4n) is 4.23. The van der Waals surface area contributed by atoms with E-state index in [9.17, 15) is 5.21 Å². The third kappa shape index (κ3) is 3.06. The molecule has 0 aromatic heterocycles. The summed E-state index contributed by atoms with van der Waals surface area (Å²) in [4.78, 5) is 2.76. The molecule has 4 rings (SSSR count). The van der Waals surface area contributed by atoms with E-state index in [1.807, 2.05) is 18.8 Å². The number of hydrogen-bond donors (Lipinski definition) is 0. The molecule has 3 heteroatoms.